The van der Waals surface area contributed by atoms with Crippen LogP contribution in [0, 0.1) is 6.92 Å². The van der Waals surface area contributed by atoms with Crippen molar-refractivity contribution in [3.05, 3.63) is 71.4 Å². The predicted molar refractivity (Wildman–Crippen MR) is 113 cm³/mol. The van der Waals surface area contributed by atoms with Gasteiger partial charge in [-0.1, -0.05) is 29.8 Å². The second kappa shape index (κ2) is 7.96. The van der Waals surface area contributed by atoms with Gasteiger partial charge in [0.1, 0.15) is 10.8 Å². The number of aryl methyl sites for hydroxylation is 1. The van der Waals surface area contributed by atoms with E-state index in [-0.39, 0.29) is 12.5 Å². The second-order valence-corrected chi connectivity index (χ2v) is 7.63. The standard InChI is InChI=1S/C21H16ClN3O2S/c1-13-4-2-3-5-18(13)27-12-20(26)24-15-7-8-16(23-11-15)21-25-17-10-14(22)6-9-19(17)28-21/h2-11H,12H2,1H3,(H,24,26). The fourth-order valence-electron chi connectivity index (χ4n) is 2.66. The van der Waals surface area contributed by atoms with Crippen LogP contribution in [0.15, 0.2) is 60.8 Å². The first-order valence-corrected chi connectivity index (χ1v) is 9.79. The molecule has 0 spiro atoms. The molecule has 0 saturated carbocycles. The van der Waals surface area contributed by atoms with E-state index in [2.05, 4.69) is 15.3 Å². The van der Waals surface area contributed by atoms with Crippen molar-refractivity contribution in [3.8, 4) is 16.5 Å². The number of para-hydroxylation sites is 1. The molecule has 5 nitrogen and oxygen atoms in total. The first-order valence-electron chi connectivity index (χ1n) is 8.59. The minimum Gasteiger partial charge on any atom is -0.483 e. The monoisotopic (exact) mass is 409 g/mol. The predicted octanol–water partition coefficient (Wildman–Crippen LogP) is 5.34. The highest BCUT2D eigenvalue weighted by atomic mass is 35.5. The van der Waals surface area contributed by atoms with Gasteiger partial charge in [-0.2, -0.15) is 0 Å². The number of aromatic nitrogens is 2. The van der Waals surface area contributed by atoms with Crippen molar-refractivity contribution in [1.82, 2.24) is 9.97 Å². The molecule has 0 atom stereocenters. The summed E-state index contributed by atoms with van der Waals surface area (Å²) in [6, 6.07) is 16.8. The van der Waals surface area contributed by atoms with E-state index in [1.54, 1.807) is 23.6 Å². The Morgan fingerprint density at radius 1 is 1.18 bits per heavy atom. The fourth-order valence-corrected chi connectivity index (χ4v) is 3.75. The van der Waals surface area contributed by atoms with Gasteiger partial charge in [0.2, 0.25) is 0 Å². The molecule has 1 amide bonds. The average molecular weight is 410 g/mol. The molecule has 0 bridgehead atoms. The maximum atomic E-state index is 12.1. The van der Waals surface area contributed by atoms with E-state index in [1.807, 2.05) is 55.5 Å². The zero-order valence-electron chi connectivity index (χ0n) is 15.0. The second-order valence-electron chi connectivity index (χ2n) is 6.17. The van der Waals surface area contributed by atoms with E-state index < -0.39 is 0 Å². The number of ether oxygens (including phenoxy) is 1. The van der Waals surface area contributed by atoms with Gasteiger partial charge in [-0.25, -0.2) is 4.98 Å². The van der Waals surface area contributed by atoms with Crippen LogP contribution in [0.4, 0.5) is 5.69 Å². The lowest BCUT2D eigenvalue weighted by Crippen LogP contribution is -2.20. The van der Waals surface area contributed by atoms with Crippen molar-refractivity contribution < 1.29 is 9.53 Å². The van der Waals surface area contributed by atoms with E-state index in [0.717, 1.165) is 26.5 Å². The topological polar surface area (TPSA) is 64.1 Å². The first-order chi connectivity index (χ1) is 13.6. The van der Waals surface area contributed by atoms with Crippen LogP contribution in [0.2, 0.25) is 5.02 Å². The Morgan fingerprint density at radius 2 is 2.04 bits per heavy atom. The lowest BCUT2D eigenvalue weighted by molar-refractivity contribution is -0.118. The van der Waals surface area contributed by atoms with Crippen LogP contribution in [-0.4, -0.2) is 22.5 Å². The molecule has 0 saturated heterocycles. The number of carbonyl (C=O) groups is 1. The smallest absolute Gasteiger partial charge is 0.262 e. The van der Waals surface area contributed by atoms with E-state index in [1.165, 1.54) is 0 Å². The molecule has 0 aliphatic carbocycles. The van der Waals surface area contributed by atoms with E-state index in [9.17, 15) is 4.79 Å². The minimum atomic E-state index is -0.243. The third kappa shape index (κ3) is 4.13. The number of thiazole rings is 1. The number of amides is 1. The van der Waals surface area contributed by atoms with Gasteiger partial charge in [0.05, 0.1) is 27.8 Å². The molecular weight excluding hydrogens is 394 g/mol. The Balaban J connectivity index is 1.41. The summed E-state index contributed by atoms with van der Waals surface area (Å²) in [6.07, 6.45) is 1.61. The summed E-state index contributed by atoms with van der Waals surface area (Å²) in [4.78, 5) is 21.1. The highest BCUT2D eigenvalue weighted by Crippen LogP contribution is 2.30. The summed E-state index contributed by atoms with van der Waals surface area (Å²) in [7, 11) is 0. The Labute approximate surface area is 171 Å². The van der Waals surface area contributed by atoms with Crippen molar-refractivity contribution in [2.75, 3.05) is 11.9 Å². The van der Waals surface area contributed by atoms with Crippen molar-refractivity contribution >= 4 is 44.7 Å². The average Bonchev–Trinajstić information content (AvgIpc) is 3.11. The molecule has 140 valence electrons. The summed E-state index contributed by atoms with van der Waals surface area (Å²) >= 11 is 7.56. The van der Waals surface area contributed by atoms with Gasteiger partial charge in [-0.15, -0.1) is 11.3 Å². The van der Waals surface area contributed by atoms with Crippen molar-refractivity contribution in [3.63, 3.8) is 0 Å². The molecule has 2 aromatic heterocycles. The molecular formula is C21H16ClN3O2S. The number of halogens is 1. The number of pyridine rings is 1. The van der Waals surface area contributed by atoms with Crippen molar-refractivity contribution in [2.45, 2.75) is 6.92 Å². The lowest BCUT2D eigenvalue weighted by Gasteiger charge is -2.09. The third-order valence-electron chi connectivity index (χ3n) is 4.07. The van der Waals surface area contributed by atoms with Gasteiger partial charge in [0, 0.05) is 5.02 Å². The number of carbonyl (C=O) groups excluding carboxylic acids is 1. The number of anilines is 1. The van der Waals surface area contributed by atoms with E-state index in [0.29, 0.717) is 16.5 Å². The number of rotatable bonds is 5. The van der Waals surface area contributed by atoms with Crippen molar-refractivity contribution in [2.24, 2.45) is 0 Å². The molecule has 0 aliphatic heterocycles. The molecule has 4 rings (SSSR count). The van der Waals surface area contributed by atoms with Crippen LogP contribution in [0.1, 0.15) is 5.56 Å². The highest BCUT2D eigenvalue weighted by Gasteiger charge is 2.09. The number of benzene rings is 2. The quantitative estimate of drug-likeness (QED) is 0.483. The van der Waals surface area contributed by atoms with Gasteiger partial charge < -0.3 is 10.1 Å². The van der Waals surface area contributed by atoms with Crippen LogP contribution in [0.5, 0.6) is 5.75 Å². The van der Waals surface area contributed by atoms with Gasteiger partial charge in [-0.3, -0.25) is 9.78 Å². The molecule has 0 unspecified atom stereocenters. The van der Waals surface area contributed by atoms with Crippen LogP contribution < -0.4 is 10.1 Å². The molecule has 2 aromatic carbocycles. The maximum absolute atomic E-state index is 12.1. The Bertz CT molecular complexity index is 1140. The molecule has 1 N–H and O–H groups in total. The van der Waals surface area contributed by atoms with Gasteiger partial charge in [-0.05, 0) is 48.9 Å². The molecule has 7 heteroatoms. The highest BCUT2D eigenvalue weighted by molar-refractivity contribution is 7.21. The number of fused-ring (bicyclic) bond motifs is 1. The minimum absolute atomic E-state index is 0.0643. The maximum Gasteiger partial charge on any atom is 0.262 e. The fraction of sp³-hybridized carbons (Fsp3) is 0.0952. The summed E-state index contributed by atoms with van der Waals surface area (Å²) in [6.45, 7) is 1.87. The molecule has 28 heavy (non-hydrogen) atoms. The van der Waals surface area contributed by atoms with Crippen molar-refractivity contribution in [1.29, 1.82) is 0 Å². The number of hydrogen-bond acceptors (Lipinski definition) is 5. The number of hydrogen-bond donors (Lipinski definition) is 1. The Morgan fingerprint density at radius 3 is 2.82 bits per heavy atom. The van der Waals surface area contributed by atoms with Gasteiger partial charge >= 0.3 is 0 Å². The largest absolute Gasteiger partial charge is 0.483 e. The Kier molecular flexibility index (Phi) is 5.23. The zero-order chi connectivity index (χ0) is 19.5. The van der Waals surface area contributed by atoms with Crippen LogP contribution >= 0.6 is 22.9 Å². The lowest BCUT2D eigenvalue weighted by atomic mass is 10.2. The molecule has 0 fully saturated rings. The number of nitrogens with one attached hydrogen (secondary N) is 1. The van der Waals surface area contributed by atoms with Crippen LogP contribution in [0.3, 0.4) is 0 Å². The van der Waals surface area contributed by atoms with E-state index >= 15 is 0 Å². The molecule has 4 aromatic rings. The number of nitrogens with zero attached hydrogens (tertiary/aromatic N) is 2. The zero-order valence-corrected chi connectivity index (χ0v) is 16.6. The summed E-state index contributed by atoms with van der Waals surface area (Å²) in [5, 5.41) is 4.24. The van der Waals surface area contributed by atoms with Gasteiger partial charge in [0.15, 0.2) is 6.61 Å². The van der Waals surface area contributed by atoms with E-state index in [4.69, 9.17) is 16.3 Å². The van der Waals surface area contributed by atoms with Crippen LogP contribution in [0.25, 0.3) is 20.9 Å². The Hall–Kier alpha value is -2.96. The molecule has 2 heterocycles. The molecule has 0 aliphatic rings. The molecule has 0 radical (unpaired) electrons. The van der Waals surface area contributed by atoms with Gasteiger partial charge in [0.25, 0.3) is 5.91 Å². The third-order valence-corrected chi connectivity index (χ3v) is 5.36. The first kappa shape index (κ1) is 18.4. The SMILES string of the molecule is Cc1ccccc1OCC(=O)Nc1ccc(-c2nc3cc(Cl)ccc3s2)nc1. The summed E-state index contributed by atoms with van der Waals surface area (Å²) in [5.74, 6) is 0.453. The van der Waals surface area contributed by atoms with Crippen LogP contribution in [-0.2, 0) is 4.79 Å². The summed E-state index contributed by atoms with van der Waals surface area (Å²) < 4.78 is 6.60. The summed E-state index contributed by atoms with van der Waals surface area (Å²) in [5.41, 5.74) is 3.18. The normalized spacial score (nSPS) is 10.8.